The van der Waals surface area contributed by atoms with Crippen LogP contribution in [0.3, 0.4) is 0 Å². The molecule has 0 aliphatic carbocycles. The molecule has 9 heteroatoms. The lowest BCUT2D eigenvalue weighted by Crippen LogP contribution is -2.60. The Bertz CT molecular complexity index is 508. The summed E-state index contributed by atoms with van der Waals surface area (Å²) in [5.74, 6) is -0.689. The van der Waals surface area contributed by atoms with E-state index in [-0.39, 0.29) is 5.75 Å². The molecular weight excluding hydrogens is 244 g/mol. The lowest BCUT2D eigenvalue weighted by atomic mass is 10.2. The Morgan fingerprint density at radius 1 is 1.27 bits per heavy atom. The molecule has 0 aromatic rings. The van der Waals surface area contributed by atoms with Crippen molar-refractivity contribution in [2.45, 2.75) is 11.3 Å². The van der Waals surface area contributed by atoms with Crippen molar-refractivity contribution >= 4 is 25.9 Å². The second-order valence-electron chi connectivity index (χ2n) is 3.75. The molecule has 2 rings (SSSR count). The zero-order valence-electron chi connectivity index (χ0n) is 7.87. The lowest BCUT2D eigenvalue weighted by molar-refractivity contribution is 0.196. The molecular formula is C6H10N2O5S2. The normalized spacial score (nSPS) is 37.1. The molecule has 2 atom stereocenters. The van der Waals surface area contributed by atoms with Gasteiger partial charge in [0.05, 0.1) is 17.5 Å². The first-order valence-corrected chi connectivity index (χ1v) is 7.58. The molecule has 0 aromatic carbocycles. The Balaban J connectivity index is 2.48. The second kappa shape index (κ2) is 2.85. The van der Waals surface area contributed by atoms with Gasteiger partial charge in [0, 0.05) is 7.05 Å². The SMILES string of the molecule is CN1C(=O)NS(=O)(=O)[C@H]2CS(=O)(=O)C[C@H]21. The molecule has 7 nitrogen and oxygen atoms in total. The maximum Gasteiger partial charge on any atom is 0.331 e. The van der Waals surface area contributed by atoms with Crippen molar-refractivity contribution in [1.29, 1.82) is 0 Å². The van der Waals surface area contributed by atoms with E-state index in [1.165, 1.54) is 7.05 Å². The lowest BCUT2D eigenvalue weighted by Gasteiger charge is -2.33. The third-order valence-corrected chi connectivity index (χ3v) is 6.38. The van der Waals surface area contributed by atoms with Crippen molar-refractivity contribution in [2.24, 2.45) is 0 Å². The van der Waals surface area contributed by atoms with E-state index < -0.39 is 42.9 Å². The van der Waals surface area contributed by atoms with Crippen LogP contribution in [0.1, 0.15) is 0 Å². The molecule has 1 N–H and O–H groups in total. The molecule has 2 amide bonds. The van der Waals surface area contributed by atoms with Gasteiger partial charge in [-0.3, -0.25) is 0 Å². The predicted molar refractivity (Wildman–Crippen MR) is 51.4 cm³/mol. The summed E-state index contributed by atoms with van der Waals surface area (Å²) < 4.78 is 47.4. The van der Waals surface area contributed by atoms with Crippen molar-refractivity contribution < 1.29 is 21.6 Å². The summed E-state index contributed by atoms with van der Waals surface area (Å²) in [5.41, 5.74) is 0. The topological polar surface area (TPSA) is 101 Å². The number of nitrogens with one attached hydrogen (secondary N) is 1. The summed E-state index contributed by atoms with van der Waals surface area (Å²) in [6, 6.07) is -1.53. The number of sulfone groups is 1. The summed E-state index contributed by atoms with van der Waals surface area (Å²) in [5, 5.41) is -1.04. The molecule has 0 unspecified atom stereocenters. The molecule has 2 aliphatic heterocycles. The smallest absolute Gasteiger partial charge is 0.322 e. The van der Waals surface area contributed by atoms with Gasteiger partial charge >= 0.3 is 6.03 Å². The Hall–Kier alpha value is -0.830. The van der Waals surface area contributed by atoms with E-state index >= 15 is 0 Å². The van der Waals surface area contributed by atoms with Crippen LogP contribution in [0.2, 0.25) is 0 Å². The van der Waals surface area contributed by atoms with Gasteiger partial charge < -0.3 is 4.90 Å². The van der Waals surface area contributed by atoms with Gasteiger partial charge in [0.1, 0.15) is 5.25 Å². The summed E-state index contributed by atoms with van der Waals surface area (Å²) in [6.07, 6.45) is 0. The third kappa shape index (κ3) is 1.59. The third-order valence-electron chi connectivity index (χ3n) is 2.72. The van der Waals surface area contributed by atoms with Crippen molar-refractivity contribution in [1.82, 2.24) is 9.62 Å². The van der Waals surface area contributed by atoms with Gasteiger partial charge in [0.15, 0.2) is 9.84 Å². The number of urea groups is 1. The molecule has 0 saturated carbocycles. The molecule has 0 bridgehead atoms. The fourth-order valence-electron chi connectivity index (χ4n) is 1.87. The monoisotopic (exact) mass is 254 g/mol. The molecule has 0 aromatic heterocycles. The van der Waals surface area contributed by atoms with Crippen LogP contribution in [0.25, 0.3) is 0 Å². The zero-order chi connectivity index (χ0) is 11.4. The Morgan fingerprint density at radius 2 is 1.87 bits per heavy atom. The quantitative estimate of drug-likeness (QED) is 0.546. The molecule has 2 fully saturated rings. The Kier molecular flexibility index (Phi) is 2.03. The number of carbonyl (C=O) groups excluding carboxylic acids is 1. The van der Waals surface area contributed by atoms with Crippen LogP contribution in [0.4, 0.5) is 4.79 Å². The number of hydrogen-bond acceptors (Lipinski definition) is 5. The Morgan fingerprint density at radius 3 is 2.47 bits per heavy atom. The van der Waals surface area contributed by atoms with Gasteiger partial charge in [-0.1, -0.05) is 0 Å². The van der Waals surface area contributed by atoms with Gasteiger partial charge in [-0.2, -0.15) is 0 Å². The van der Waals surface area contributed by atoms with Crippen LogP contribution in [0, 0.1) is 0 Å². The van der Waals surface area contributed by atoms with Crippen LogP contribution in [0.15, 0.2) is 0 Å². The van der Waals surface area contributed by atoms with E-state index in [1.807, 2.05) is 4.72 Å². The number of sulfonamides is 1. The van der Waals surface area contributed by atoms with Crippen LogP contribution in [-0.4, -0.2) is 57.6 Å². The predicted octanol–water partition coefficient (Wildman–Crippen LogP) is -1.86. The first-order valence-electron chi connectivity index (χ1n) is 4.22. The number of amides is 2. The largest absolute Gasteiger partial charge is 0.331 e. The average molecular weight is 254 g/mol. The van der Waals surface area contributed by atoms with Gasteiger partial charge in [-0.15, -0.1) is 0 Å². The number of nitrogens with zero attached hydrogens (tertiary/aromatic N) is 1. The van der Waals surface area contributed by atoms with Crippen LogP contribution < -0.4 is 4.72 Å². The standard InChI is InChI=1S/C6H10N2O5S2/c1-8-4-2-14(10,11)3-5(4)15(12,13)7-6(8)9/h4-5H,2-3H2,1H3,(H,7,9)/t4-,5+/m1/s1. The highest BCUT2D eigenvalue weighted by atomic mass is 32.2. The Labute approximate surface area is 87.4 Å². The van der Waals surface area contributed by atoms with Crippen LogP contribution in [-0.2, 0) is 19.9 Å². The number of carbonyl (C=O) groups is 1. The molecule has 2 heterocycles. The highest BCUT2D eigenvalue weighted by Gasteiger charge is 2.52. The van der Waals surface area contributed by atoms with E-state index in [9.17, 15) is 21.6 Å². The van der Waals surface area contributed by atoms with E-state index in [1.54, 1.807) is 0 Å². The minimum absolute atomic E-state index is 0.277. The van der Waals surface area contributed by atoms with Gasteiger partial charge in [0.25, 0.3) is 0 Å². The summed E-state index contributed by atoms with van der Waals surface area (Å²) in [6.45, 7) is 0. The number of fused-ring (bicyclic) bond motifs is 1. The van der Waals surface area contributed by atoms with Crippen molar-refractivity contribution in [3.63, 3.8) is 0 Å². The first kappa shape index (κ1) is 10.7. The fraction of sp³-hybridized carbons (Fsp3) is 0.833. The average Bonchev–Trinajstić information content (AvgIpc) is 2.38. The summed E-state index contributed by atoms with van der Waals surface area (Å²) in [7, 11) is -5.81. The molecule has 0 radical (unpaired) electrons. The second-order valence-corrected chi connectivity index (χ2v) is 7.80. The van der Waals surface area contributed by atoms with E-state index in [0.29, 0.717) is 0 Å². The van der Waals surface area contributed by atoms with Gasteiger partial charge in [0.2, 0.25) is 10.0 Å². The van der Waals surface area contributed by atoms with Crippen molar-refractivity contribution in [2.75, 3.05) is 18.6 Å². The summed E-state index contributed by atoms with van der Waals surface area (Å²) in [4.78, 5) is 12.3. The van der Waals surface area contributed by atoms with E-state index in [4.69, 9.17) is 0 Å². The first-order chi connectivity index (χ1) is 6.73. The fourth-order valence-corrected chi connectivity index (χ4v) is 6.40. The molecule has 2 aliphatic rings. The van der Waals surface area contributed by atoms with Crippen molar-refractivity contribution in [3.8, 4) is 0 Å². The highest BCUT2D eigenvalue weighted by molar-refractivity contribution is 7.95. The molecule has 15 heavy (non-hydrogen) atoms. The summed E-state index contributed by atoms with van der Waals surface area (Å²) >= 11 is 0. The van der Waals surface area contributed by atoms with E-state index in [0.717, 1.165) is 4.90 Å². The molecule has 2 saturated heterocycles. The van der Waals surface area contributed by atoms with Gasteiger partial charge in [-0.05, 0) is 0 Å². The maximum atomic E-state index is 11.5. The van der Waals surface area contributed by atoms with E-state index in [2.05, 4.69) is 0 Å². The van der Waals surface area contributed by atoms with Crippen LogP contribution in [0.5, 0.6) is 0 Å². The molecule has 0 spiro atoms. The minimum atomic E-state index is -3.83. The number of rotatable bonds is 0. The maximum absolute atomic E-state index is 11.5. The molecule has 86 valence electrons. The van der Waals surface area contributed by atoms with Crippen LogP contribution >= 0.6 is 0 Å². The number of hydrogen-bond donors (Lipinski definition) is 1. The van der Waals surface area contributed by atoms with Crippen molar-refractivity contribution in [3.05, 3.63) is 0 Å². The van der Waals surface area contributed by atoms with Gasteiger partial charge in [-0.25, -0.2) is 26.4 Å². The minimum Gasteiger partial charge on any atom is -0.322 e. The highest BCUT2D eigenvalue weighted by Crippen LogP contribution is 2.26. The zero-order valence-corrected chi connectivity index (χ0v) is 9.51.